The van der Waals surface area contributed by atoms with E-state index in [0.717, 1.165) is 58.8 Å². The van der Waals surface area contributed by atoms with Crippen molar-refractivity contribution in [2.75, 3.05) is 19.4 Å². The average molecular weight is 477 g/mol. The first-order valence-corrected chi connectivity index (χ1v) is 12.3. The summed E-state index contributed by atoms with van der Waals surface area (Å²) in [4.78, 5) is 19.9. The standard InChI is InChI=1S/C29H28N6O/c1-33(2)25-9-7-21(14-25)29(36)32-24-8-10-26-23(13-24)18-34-17-22(20-5-3-19(16-30)4-6-20)15-27(34)28-31-11-12-35(26)28/h3-6,8,10-13,15,17,21,25H,7,9,14,18H2,1-2H3,(H,32,36). The van der Waals surface area contributed by atoms with Gasteiger partial charge in [0.25, 0.3) is 0 Å². The maximum absolute atomic E-state index is 13.0. The lowest BCUT2D eigenvalue weighted by Crippen LogP contribution is -2.27. The zero-order valence-corrected chi connectivity index (χ0v) is 20.5. The fraction of sp³-hybridized carbons (Fsp3) is 0.276. The number of benzene rings is 2. The van der Waals surface area contributed by atoms with Crippen LogP contribution in [-0.4, -0.2) is 45.1 Å². The molecule has 2 atom stereocenters. The van der Waals surface area contributed by atoms with E-state index in [1.165, 1.54) is 0 Å². The third-order valence-corrected chi connectivity index (χ3v) is 7.57. The minimum atomic E-state index is 0.0579. The van der Waals surface area contributed by atoms with Crippen LogP contribution in [0.3, 0.4) is 0 Å². The Hall–Kier alpha value is -4.15. The quantitative estimate of drug-likeness (QED) is 0.400. The molecular weight excluding hydrogens is 448 g/mol. The SMILES string of the molecule is CN(C)C1CCC(C(=O)Nc2ccc3c(c2)Cn2cc(-c4ccc(C#N)cc4)cc2-c2nccn2-3)C1. The van der Waals surface area contributed by atoms with Crippen molar-refractivity contribution in [3.05, 3.63) is 78.2 Å². The van der Waals surface area contributed by atoms with Crippen LogP contribution in [0.25, 0.3) is 28.3 Å². The van der Waals surface area contributed by atoms with Crippen molar-refractivity contribution < 1.29 is 4.79 Å². The Morgan fingerprint density at radius 1 is 1.11 bits per heavy atom. The lowest BCUT2D eigenvalue weighted by Gasteiger charge is -2.19. The third kappa shape index (κ3) is 3.90. The molecule has 1 fully saturated rings. The van der Waals surface area contributed by atoms with Gasteiger partial charge in [0.15, 0.2) is 5.82 Å². The molecule has 0 radical (unpaired) electrons. The van der Waals surface area contributed by atoms with Crippen molar-refractivity contribution in [2.24, 2.45) is 5.92 Å². The molecule has 2 aromatic carbocycles. The fourth-order valence-corrected chi connectivity index (χ4v) is 5.53. The summed E-state index contributed by atoms with van der Waals surface area (Å²) in [5.41, 5.74) is 6.82. The molecule has 0 saturated heterocycles. The zero-order valence-electron chi connectivity index (χ0n) is 20.5. The lowest BCUT2D eigenvalue weighted by atomic mass is 10.1. The van der Waals surface area contributed by atoms with E-state index >= 15 is 0 Å². The molecule has 0 spiro atoms. The van der Waals surface area contributed by atoms with Gasteiger partial charge in [0.05, 0.1) is 23.0 Å². The van der Waals surface area contributed by atoms with E-state index < -0.39 is 0 Å². The summed E-state index contributed by atoms with van der Waals surface area (Å²) in [5, 5.41) is 12.3. The molecule has 6 rings (SSSR count). The first kappa shape index (κ1) is 22.3. The molecule has 2 aromatic heterocycles. The summed E-state index contributed by atoms with van der Waals surface area (Å²) in [7, 11) is 4.17. The minimum absolute atomic E-state index is 0.0579. The van der Waals surface area contributed by atoms with Crippen molar-refractivity contribution in [1.29, 1.82) is 5.26 Å². The Morgan fingerprint density at radius 2 is 1.94 bits per heavy atom. The molecular formula is C29H28N6O. The van der Waals surface area contributed by atoms with E-state index in [1.807, 2.05) is 42.7 Å². The number of anilines is 1. The summed E-state index contributed by atoms with van der Waals surface area (Å²) < 4.78 is 4.32. The van der Waals surface area contributed by atoms with Gasteiger partial charge >= 0.3 is 0 Å². The van der Waals surface area contributed by atoms with Gasteiger partial charge in [0.2, 0.25) is 5.91 Å². The van der Waals surface area contributed by atoms with E-state index in [9.17, 15) is 4.79 Å². The van der Waals surface area contributed by atoms with Crippen molar-refractivity contribution in [3.63, 3.8) is 0 Å². The molecule has 180 valence electrons. The Morgan fingerprint density at radius 3 is 2.69 bits per heavy atom. The number of fused-ring (bicyclic) bond motifs is 5. The fourth-order valence-electron chi connectivity index (χ4n) is 5.53. The molecule has 1 aliphatic carbocycles. The summed E-state index contributed by atoms with van der Waals surface area (Å²) >= 11 is 0. The van der Waals surface area contributed by atoms with Crippen LogP contribution in [0.4, 0.5) is 5.69 Å². The maximum atomic E-state index is 13.0. The topological polar surface area (TPSA) is 78.9 Å². The first-order chi connectivity index (χ1) is 17.5. The number of hydrogen-bond acceptors (Lipinski definition) is 4. The van der Waals surface area contributed by atoms with Crippen LogP contribution in [0, 0.1) is 17.2 Å². The largest absolute Gasteiger partial charge is 0.340 e. The molecule has 7 heteroatoms. The average Bonchev–Trinajstić information content (AvgIpc) is 3.63. The van der Waals surface area contributed by atoms with Crippen LogP contribution in [0.15, 0.2) is 67.1 Å². The Labute approximate surface area is 210 Å². The van der Waals surface area contributed by atoms with Gasteiger partial charge in [-0.05, 0) is 80.9 Å². The molecule has 1 amide bonds. The van der Waals surface area contributed by atoms with Gasteiger partial charge in [-0.25, -0.2) is 4.98 Å². The minimum Gasteiger partial charge on any atom is -0.340 e. The van der Waals surface area contributed by atoms with E-state index in [4.69, 9.17) is 5.26 Å². The summed E-state index contributed by atoms with van der Waals surface area (Å²) in [6.07, 6.45) is 8.85. The summed E-state index contributed by atoms with van der Waals surface area (Å²) in [6, 6.07) is 18.6. The highest BCUT2D eigenvalue weighted by atomic mass is 16.1. The number of hydrogen-bond donors (Lipinski definition) is 1. The van der Waals surface area contributed by atoms with E-state index in [2.05, 4.69) is 68.9 Å². The number of amides is 1. The molecule has 1 aliphatic heterocycles. The van der Waals surface area contributed by atoms with E-state index in [0.29, 0.717) is 18.2 Å². The van der Waals surface area contributed by atoms with Crippen molar-refractivity contribution in [3.8, 4) is 34.4 Å². The van der Waals surface area contributed by atoms with Gasteiger partial charge in [-0.3, -0.25) is 9.36 Å². The number of imidazole rings is 1. The van der Waals surface area contributed by atoms with Crippen LogP contribution in [-0.2, 0) is 11.3 Å². The number of nitrogens with zero attached hydrogens (tertiary/aromatic N) is 5. The monoisotopic (exact) mass is 476 g/mol. The van der Waals surface area contributed by atoms with Crippen molar-refractivity contribution in [2.45, 2.75) is 31.8 Å². The second-order valence-corrected chi connectivity index (χ2v) is 10.0. The summed E-state index contributed by atoms with van der Waals surface area (Å²) in [5.74, 6) is 1.05. The number of rotatable bonds is 4. The van der Waals surface area contributed by atoms with E-state index in [1.54, 1.807) is 0 Å². The number of carbonyl (C=O) groups is 1. The predicted molar refractivity (Wildman–Crippen MR) is 140 cm³/mol. The van der Waals surface area contributed by atoms with Gasteiger partial charge in [0.1, 0.15) is 0 Å². The van der Waals surface area contributed by atoms with Crippen LogP contribution in [0.2, 0.25) is 0 Å². The maximum Gasteiger partial charge on any atom is 0.227 e. The molecule has 4 aromatic rings. The molecule has 36 heavy (non-hydrogen) atoms. The van der Waals surface area contributed by atoms with Crippen molar-refractivity contribution in [1.82, 2.24) is 19.0 Å². The van der Waals surface area contributed by atoms with E-state index in [-0.39, 0.29) is 11.8 Å². The second kappa shape index (κ2) is 8.81. The van der Waals surface area contributed by atoms with Crippen LogP contribution in [0.5, 0.6) is 0 Å². The number of nitriles is 1. The molecule has 3 heterocycles. The molecule has 7 nitrogen and oxygen atoms in total. The van der Waals surface area contributed by atoms with Crippen LogP contribution in [0.1, 0.15) is 30.4 Å². The summed E-state index contributed by atoms with van der Waals surface area (Å²) in [6.45, 7) is 0.667. The molecule has 1 N–H and O–H groups in total. The number of carbonyl (C=O) groups excluding carboxylic acids is 1. The number of nitrogens with one attached hydrogen (secondary N) is 1. The van der Waals surface area contributed by atoms with Gasteiger partial charge in [-0.1, -0.05) is 12.1 Å². The number of aromatic nitrogens is 3. The first-order valence-electron chi connectivity index (χ1n) is 12.3. The van der Waals surface area contributed by atoms with Gasteiger partial charge < -0.3 is 14.8 Å². The van der Waals surface area contributed by atoms with Gasteiger partial charge in [-0.15, -0.1) is 0 Å². The Balaban J connectivity index is 1.31. The normalized spacial score (nSPS) is 18.2. The molecule has 0 bridgehead atoms. The molecule has 2 aliphatic rings. The molecule has 2 unspecified atom stereocenters. The Bertz CT molecular complexity index is 1490. The predicted octanol–water partition coefficient (Wildman–Crippen LogP) is 4.91. The third-order valence-electron chi connectivity index (χ3n) is 7.57. The van der Waals surface area contributed by atoms with Crippen LogP contribution >= 0.6 is 0 Å². The highest BCUT2D eigenvalue weighted by Crippen LogP contribution is 2.35. The van der Waals surface area contributed by atoms with Crippen molar-refractivity contribution >= 4 is 11.6 Å². The van der Waals surface area contributed by atoms with Crippen LogP contribution < -0.4 is 5.32 Å². The zero-order chi connectivity index (χ0) is 24.8. The highest BCUT2D eigenvalue weighted by Gasteiger charge is 2.31. The Kier molecular flexibility index (Phi) is 5.46. The van der Waals surface area contributed by atoms with Gasteiger partial charge in [0, 0.05) is 48.3 Å². The molecule has 1 saturated carbocycles. The van der Waals surface area contributed by atoms with Gasteiger partial charge in [-0.2, -0.15) is 5.26 Å². The smallest absolute Gasteiger partial charge is 0.227 e. The lowest BCUT2D eigenvalue weighted by molar-refractivity contribution is -0.119. The second-order valence-electron chi connectivity index (χ2n) is 10.0. The highest BCUT2D eigenvalue weighted by molar-refractivity contribution is 5.93.